The first-order chi connectivity index (χ1) is 15.1. The SMILES string of the molecule is Cc1[nH]c2c(S(N)(=O)=O)cccc2c1-c1nnc(C(N)=O)c(NCc2cccc(F)c2)n1. The number of nitrogens with zero attached hydrogens (tertiary/aromatic N) is 3. The van der Waals surface area contributed by atoms with Gasteiger partial charge in [-0.25, -0.2) is 22.9 Å². The topological polar surface area (TPSA) is 170 Å². The molecule has 12 heteroatoms. The number of anilines is 1. The second-order valence-electron chi connectivity index (χ2n) is 7.03. The lowest BCUT2D eigenvalue weighted by Gasteiger charge is -2.10. The van der Waals surface area contributed by atoms with Gasteiger partial charge in [-0.15, -0.1) is 10.2 Å². The standard InChI is InChI=1S/C20H18FN7O3S/c1-10-15(13-6-3-7-14(16(13)25-10)32(23,30)31)19-26-20(17(18(22)29)27-28-19)24-9-11-4-2-5-12(21)8-11/h2-8,25H,9H2,1H3,(H2,22,29)(H2,23,30,31)(H,24,26,28). The third-order valence-electron chi connectivity index (χ3n) is 4.78. The normalized spacial score (nSPS) is 11.6. The van der Waals surface area contributed by atoms with Gasteiger partial charge in [0.05, 0.1) is 5.52 Å². The molecule has 0 bridgehead atoms. The number of benzene rings is 2. The number of aromatic amines is 1. The van der Waals surface area contributed by atoms with E-state index in [9.17, 15) is 17.6 Å². The number of carbonyl (C=O) groups excluding carboxylic acids is 1. The van der Waals surface area contributed by atoms with Gasteiger partial charge in [0.15, 0.2) is 17.3 Å². The molecule has 4 aromatic rings. The zero-order valence-corrected chi connectivity index (χ0v) is 17.6. The average molecular weight is 455 g/mol. The summed E-state index contributed by atoms with van der Waals surface area (Å²) < 4.78 is 37.4. The molecule has 0 aliphatic heterocycles. The summed E-state index contributed by atoms with van der Waals surface area (Å²) in [6, 6.07) is 10.5. The van der Waals surface area contributed by atoms with E-state index in [-0.39, 0.29) is 28.8 Å². The first-order valence-corrected chi connectivity index (χ1v) is 10.9. The van der Waals surface area contributed by atoms with Crippen LogP contribution in [0.3, 0.4) is 0 Å². The Labute approximate surface area is 181 Å². The molecule has 0 unspecified atom stereocenters. The number of aromatic nitrogens is 4. The van der Waals surface area contributed by atoms with Crippen LogP contribution in [0.15, 0.2) is 47.4 Å². The maximum atomic E-state index is 13.5. The molecule has 32 heavy (non-hydrogen) atoms. The molecular formula is C20H18FN7O3S. The van der Waals surface area contributed by atoms with E-state index < -0.39 is 21.7 Å². The van der Waals surface area contributed by atoms with Crippen LogP contribution >= 0.6 is 0 Å². The number of aryl methyl sites for hydroxylation is 1. The number of halogens is 1. The van der Waals surface area contributed by atoms with E-state index in [1.165, 1.54) is 18.2 Å². The van der Waals surface area contributed by atoms with Crippen LogP contribution in [0.1, 0.15) is 21.7 Å². The molecule has 0 atom stereocenters. The van der Waals surface area contributed by atoms with Crippen molar-refractivity contribution in [3.05, 3.63) is 65.2 Å². The van der Waals surface area contributed by atoms with Gasteiger partial charge in [-0.05, 0) is 30.7 Å². The van der Waals surface area contributed by atoms with Crippen molar-refractivity contribution in [1.29, 1.82) is 0 Å². The highest BCUT2D eigenvalue weighted by molar-refractivity contribution is 7.89. The van der Waals surface area contributed by atoms with Crippen LogP contribution in [0.4, 0.5) is 10.2 Å². The van der Waals surface area contributed by atoms with Crippen molar-refractivity contribution < 1.29 is 17.6 Å². The second-order valence-corrected chi connectivity index (χ2v) is 8.56. The summed E-state index contributed by atoms with van der Waals surface area (Å²) in [6.45, 7) is 1.87. The Kier molecular flexibility index (Phi) is 5.32. The number of primary amides is 1. The van der Waals surface area contributed by atoms with Crippen molar-refractivity contribution in [3.63, 3.8) is 0 Å². The lowest BCUT2D eigenvalue weighted by molar-refractivity contribution is 0.0995. The summed E-state index contributed by atoms with van der Waals surface area (Å²) in [6.07, 6.45) is 0. The molecule has 0 fully saturated rings. The van der Waals surface area contributed by atoms with Crippen molar-refractivity contribution in [2.75, 3.05) is 5.32 Å². The van der Waals surface area contributed by atoms with Crippen molar-refractivity contribution in [2.24, 2.45) is 10.9 Å². The Balaban J connectivity index is 1.81. The number of sulfonamides is 1. The Bertz CT molecular complexity index is 1470. The first-order valence-electron chi connectivity index (χ1n) is 9.32. The van der Waals surface area contributed by atoms with Gasteiger partial charge in [-0.3, -0.25) is 4.79 Å². The zero-order valence-electron chi connectivity index (χ0n) is 16.8. The van der Waals surface area contributed by atoms with E-state index in [1.54, 1.807) is 31.2 Å². The summed E-state index contributed by atoms with van der Waals surface area (Å²) in [4.78, 5) is 19.1. The van der Waals surface area contributed by atoms with E-state index in [0.717, 1.165) is 0 Å². The number of nitrogens with two attached hydrogens (primary N) is 2. The number of fused-ring (bicyclic) bond motifs is 1. The van der Waals surface area contributed by atoms with Crippen molar-refractivity contribution in [2.45, 2.75) is 18.4 Å². The number of H-pyrrole nitrogens is 1. The number of rotatable bonds is 6. The van der Waals surface area contributed by atoms with Gasteiger partial charge in [0.25, 0.3) is 5.91 Å². The van der Waals surface area contributed by atoms with Crippen LogP contribution in [0.25, 0.3) is 22.3 Å². The minimum Gasteiger partial charge on any atom is -0.364 e. The number of hydrogen-bond acceptors (Lipinski definition) is 7. The lowest BCUT2D eigenvalue weighted by atomic mass is 10.1. The maximum absolute atomic E-state index is 13.5. The molecular weight excluding hydrogens is 437 g/mol. The van der Waals surface area contributed by atoms with Gasteiger partial charge < -0.3 is 16.0 Å². The van der Waals surface area contributed by atoms with Crippen LogP contribution in [-0.2, 0) is 16.6 Å². The largest absolute Gasteiger partial charge is 0.364 e. The molecule has 6 N–H and O–H groups in total. The third kappa shape index (κ3) is 4.00. The second kappa shape index (κ2) is 7.98. The average Bonchev–Trinajstić information content (AvgIpc) is 3.06. The summed E-state index contributed by atoms with van der Waals surface area (Å²) in [7, 11) is -3.98. The molecule has 4 rings (SSSR count). The van der Waals surface area contributed by atoms with E-state index in [1.807, 2.05) is 0 Å². The predicted octanol–water partition coefficient (Wildman–Crippen LogP) is 1.83. The van der Waals surface area contributed by atoms with Gasteiger partial charge in [0.1, 0.15) is 10.7 Å². The van der Waals surface area contributed by atoms with Crippen molar-refractivity contribution in [1.82, 2.24) is 20.2 Å². The minimum atomic E-state index is -3.98. The highest BCUT2D eigenvalue weighted by atomic mass is 32.2. The van der Waals surface area contributed by atoms with Crippen LogP contribution in [0, 0.1) is 12.7 Å². The Morgan fingerprint density at radius 1 is 1.19 bits per heavy atom. The summed E-state index contributed by atoms with van der Waals surface area (Å²) in [5, 5.41) is 16.7. The van der Waals surface area contributed by atoms with Crippen molar-refractivity contribution in [3.8, 4) is 11.4 Å². The Hall–Kier alpha value is -3.90. The van der Waals surface area contributed by atoms with Crippen LogP contribution in [0.2, 0.25) is 0 Å². The van der Waals surface area contributed by atoms with Gasteiger partial charge >= 0.3 is 0 Å². The first kappa shape index (κ1) is 21.3. The molecule has 0 saturated carbocycles. The molecule has 2 heterocycles. The molecule has 0 saturated heterocycles. The zero-order chi connectivity index (χ0) is 23.0. The fraction of sp³-hybridized carbons (Fsp3) is 0.100. The minimum absolute atomic E-state index is 0.0584. The molecule has 0 spiro atoms. The molecule has 2 aromatic carbocycles. The number of primary sulfonamides is 1. The van der Waals surface area contributed by atoms with Crippen molar-refractivity contribution >= 4 is 32.7 Å². The monoisotopic (exact) mass is 455 g/mol. The van der Waals surface area contributed by atoms with Gasteiger partial charge in [-0.1, -0.05) is 24.3 Å². The molecule has 2 aromatic heterocycles. The highest BCUT2D eigenvalue weighted by Gasteiger charge is 2.22. The molecule has 1 amide bonds. The molecule has 0 aliphatic rings. The van der Waals surface area contributed by atoms with Gasteiger partial charge in [-0.2, -0.15) is 0 Å². The van der Waals surface area contributed by atoms with Gasteiger partial charge in [0.2, 0.25) is 10.0 Å². The Morgan fingerprint density at radius 3 is 2.62 bits per heavy atom. The summed E-state index contributed by atoms with van der Waals surface area (Å²) in [5.41, 5.74) is 7.19. The molecule has 0 radical (unpaired) electrons. The fourth-order valence-corrected chi connectivity index (χ4v) is 4.11. The number of nitrogens with one attached hydrogen (secondary N) is 2. The third-order valence-corrected chi connectivity index (χ3v) is 5.74. The van der Waals surface area contributed by atoms with Crippen LogP contribution in [-0.4, -0.2) is 34.5 Å². The smallest absolute Gasteiger partial charge is 0.273 e. The predicted molar refractivity (Wildman–Crippen MR) is 115 cm³/mol. The number of hydrogen-bond donors (Lipinski definition) is 4. The van der Waals surface area contributed by atoms with E-state index in [4.69, 9.17) is 10.9 Å². The lowest BCUT2D eigenvalue weighted by Crippen LogP contribution is -2.19. The molecule has 10 nitrogen and oxygen atoms in total. The van der Waals surface area contributed by atoms with E-state index >= 15 is 0 Å². The quantitative estimate of drug-likeness (QED) is 0.343. The fourth-order valence-electron chi connectivity index (χ4n) is 3.40. The number of carbonyl (C=O) groups is 1. The molecule has 164 valence electrons. The molecule has 0 aliphatic carbocycles. The highest BCUT2D eigenvalue weighted by Crippen LogP contribution is 2.33. The summed E-state index contributed by atoms with van der Waals surface area (Å²) in [5.74, 6) is -1.05. The van der Waals surface area contributed by atoms with E-state index in [2.05, 4.69) is 25.5 Å². The number of para-hydroxylation sites is 1. The Morgan fingerprint density at radius 2 is 1.94 bits per heavy atom. The van der Waals surface area contributed by atoms with Gasteiger partial charge in [0, 0.05) is 23.2 Å². The van der Waals surface area contributed by atoms with Crippen LogP contribution in [0.5, 0.6) is 0 Å². The summed E-state index contributed by atoms with van der Waals surface area (Å²) >= 11 is 0. The number of amides is 1. The van der Waals surface area contributed by atoms with E-state index in [0.29, 0.717) is 27.7 Å². The van der Waals surface area contributed by atoms with Crippen LogP contribution < -0.4 is 16.2 Å². The maximum Gasteiger partial charge on any atom is 0.273 e.